The van der Waals surface area contributed by atoms with Crippen LogP contribution in [0.5, 0.6) is 5.75 Å². The van der Waals surface area contributed by atoms with Crippen LogP contribution in [0.15, 0.2) is 78.8 Å². The monoisotopic (exact) mass is 518 g/mol. The molecule has 0 aliphatic rings. The van der Waals surface area contributed by atoms with Crippen LogP contribution in [0.2, 0.25) is 0 Å². The summed E-state index contributed by atoms with van der Waals surface area (Å²) in [4.78, 5) is 8.65. The van der Waals surface area contributed by atoms with Gasteiger partial charge in [-0.1, -0.05) is 43.0 Å². The van der Waals surface area contributed by atoms with E-state index in [1.807, 2.05) is 55.5 Å². The van der Waals surface area contributed by atoms with Crippen LogP contribution in [0.25, 0.3) is 5.69 Å². The van der Waals surface area contributed by atoms with Gasteiger partial charge in [-0.3, -0.25) is 0 Å². The Bertz CT molecular complexity index is 925. The SMILES string of the molecule is C=CCOc1ccccc1CNC(=NCc1ccc(-n2cncn2)cc1)NCC.I. The minimum Gasteiger partial charge on any atom is -0.489 e. The summed E-state index contributed by atoms with van der Waals surface area (Å²) in [6.45, 7) is 8.20. The van der Waals surface area contributed by atoms with Crippen LogP contribution >= 0.6 is 24.0 Å². The van der Waals surface area contributed by atoms with Crippen molar-refractivity contribution in [1.82, 2.24) is 25.4 Å². The van der Waals surface area contributed by atoms with Gasteiger partial charge in [-0.25, -0.2) is 14.7 Å². The number of guanidine groups is 1. The van der Waals surface area contributed by atoms with E-state index in [2.05, 4.69) is 32.3 Å². The zero-order valence-electron chi connectivity index (χ0n) is 17.0. The molecule has 3 aromatic rings. The van der Waals surface area contributed by atoms with Crippen LogP contribution in [0, 0.1) is 0 Å². The van der Waals surface area contributed by atoms with Crippen molar-refractivity contribution in [1.29, 1.82) is 0 Å². The third-order valence-corrected chi connectivity index (χ3v) is 4.16. The van der Waals surface area contributed by atoms with Crippen molar-refractivity contribution >= 4 is 29.9 Å². The van der Waals surface area contributed by atoms with E-state index in [1.54, 1.807) is 17.1 Å². The van der Waals surface area contributed by atoms with E-state index in [1.165, 1.54) is 6.33 Å². The third-order valence-electron chi connectivity index (χ3n) is 4.16. The van der Waals surface area contributed by atoms with Crippen LogP contribution < -0.4 is 15.4 Å². The molecule has 8 heteroatoms. The van der Waals surface area contributed by atoms with Gasteiger partial charge in [0.2, 0.25) is 0 Å². The number of nitrogens with one attached hydrogen (secondary N) is 2. The van der Waals surface area contributed by atoms with Crippen LogP contribution in [0.3, 0.4) is 0 Å². The van der Waals surface area contributed by atoms with E-state index in [-0.39, 0.29) is 24.0 Å². The molecule has 0 fully saturated rings. The molecular weight excluding hydrogens is 491 g/mol. The minimum absolute atomic E-state index is 0. The highest BCUT2D eigenvalue weighted by Crippen LogP contribution is 2.17. The third kappa shape index (κ3) is 6.87. The van der Waals surface area contributed by atoms with E-state index in [0.717, 1.165) is 35.1 Å². The van der Waals surface area contributed by atoms with E-state index in [0.29, 0.717) is 19.7 Å². The summed E-state index contributed by atoms with van der Waals surface area (Å²) < 4.78 is 7.45. The Morgan fingerprint density at radius 3 is 2.67 bits per heavy atom. The van der Waals surface area contributed by atoms with Gasteiger partial charge in [0, 0.05) is 18.7 Å². The molecule has 1 heterocycles. The van der Waals surface area contributed by atoms with Crippen molar-refractivity contribution in [2.24, 2.45) is 4.99 Å². The minimum atomic E-state index is 0. The molecule has 2 N–H and O–H groups in total. The first-order valence-corrected chi connectivity index (χ1v) is 9.58. The molecule has 2 aromatic carbocycles. The number of aromatic nitrogens is 3. The molecule has 7 nitrogen and oxygen atoms in total. The largest absolute Gasteiger partial charge is 0.489 e. The molecule has 0 amide bonds. The molecule has 0 saturated carbocycles. The Kier molecular flexibility index (Phi) is 9.85. The summed E-state index contributed by atoms with van der Waals surface area (Å²) in [5.74, 6) is 1.60. The van der Waals surface area contributed by atoms with Crippen molar-refractivity contribution in [3.8, 4) is 11.4 Å². The number of aliphatic imine (C=N–C) groups is 1. The summed E-state index contributed by atoms with van der Waals surface area (Å²) >= 11 is 0. The Balaban J connectivity index is 0.00000320. The fourth-order valence-electron chi connectivity index (χ4n) is 2.73. The molecule has 1 aromatic heterocycles. The number of rotatable bonds is 9. The average Bonchev–Trinajstić information content (AvgIpc) is 3.30. The molecule has 30 heavy (non-hydrogen) atoms. The smallest absolute Gasteiger partial charge is 0.191 e. The lowest BCUT2D eigenvalue weighted by Crippen LogP contribution is -2.36. The Hall–Kier alpha value is -2.88. The lowest BCUT2D eigenvalue weighted by Gasteiger charge is -2.14. The molecule has 0 spiro atoms. The summed E-state index contributed by atoms with van der Waals surface area (Å²) in [6, 6.07) is 16.1. The quantitative estimate of drug-likeness (QED) is 0.196. The summed E-state index contributed by atoms with van der Waals surface area (Å²) in [5.41, 5.74) is 3.15. The van der Waals surface area contributed by atoms with Gasteiger partial charge in [0.25, 0.3) is 0 Å². The van der Waals surface area contributed by atoms with Crippen molar-refractivity contribution in [3.05, 3.63) is 85.0 Å². The number of ether oxygens (including phenoxy) is 1. The molecule has 0 aliphatic carbocycles. The molecule has 0 unspecified atom stereocenters. The first-order chi connectivity index (χ1) is 14.3. The second-order valence-electron chi connectivity index (χ2n) is 6.26. The fraction of sp³-hybridized carbons (Fsp3) is 0.227. The zero-order chi connectivity index (χ0) is 20.3. The van der Waals surface area contributed by atoms with Gasteiger partial charge in [-0.15, -0.1) is 24.0 Å². The predicted molar refractivity (Wildman–Crippen MR) is 131 cm³/mol. The number of hydrogen-bond acceptors (Lipinski definition) is 4. The van der Waals surface area contributed by atoms with E-state index < -0.39 is 0 Å². The molecule has 0 saturated heterocycles. The highest BCUT2D eigenvalue weighted by atomic mass is 127. The van der Waals surface area contributed by atoms with Crippen LogP contribution in [0.4, 0.5) is 0 Å². The lowest BCUT2D eigenvalue weighted by atomic mass is 10.2. The van der Waals surface area contributed by atoms with Crippen molar-refractivity contribution in [2.75, 3.05) is 13.2 Å². The van der Waals surface area contributed by atoms with Gasteiger partial charge < -0.3 is 15.4 Å². The summed E-state index contributed by atoms with van der Waals surface area (Å²) in [5, 5.41) is 10.8. The number of benzene rings is 2. The van der Waals surface area contributed by atoms with E-state index in [4.69, 9.17) is 4.74 Å². The van der Waals surface area contributed by atoms with Gasteiger partial charge in [-0.05, 0) is 30.7 Å². The van der Waals surface area contributed by atoms with Gasteiger partial charge in [0.05, 0.1) is 12.2 Å². The molecule has 3 rings (SSSR count). The topological polar surface area (TPSA) is 76.4 Å². The molecule has 0 atom stereocenters. The van der Waals surface area contributed by atoms with Crippen molar-refractivity contribution in [3.63, 3.8) is 0 Å². The molecule has 0 radical (unpaired) electrons. The maximum absolute atomic E-state index is 5.72. The van der Waals surface area contributed by atoms with E-state index in [9.17, 15) is 0 Å². The number of nitrogens with zero attached hydrogens (tertiary/aromatic N) is 4. The lowest BCUT2D eigenvalue weighted by molar-refractivity contribution is 0.358. The second-order valence-corrected chi connectivity index (χ2v) is 6.26. The Morgan fingerprint density at radius 2 is 1.97 bits per heavy atom. The van der Waals surface area contributed by atoms with Gasteiger partial charge in [0.1, 0.15) is 25.0 Å². The average molecular weight is 518 g/mol. The standard InChI is InChI=1S/C22H26N6O.HI/c1-3-13-29-21-8-6-5-7-19(21)15-26-22(24-4-2)25-14-18-9-11-20(12-10-18)28-17-23-16-27-28;/h3,5-12,16-17H,1,4,13-15H2,2H3,(H2,24,25,26);1H. The Morgan fingerprint density at radius 1 is 1.17 bits per heavy atom. The van der Waals surface area contributed by atoms with Crippen molar-refractivity contribution in [2.45, 2.75) is 20.0 Å². The van der Waals surface area contributed by atoms with Crippen LogP contribution in [0.1, 0.15) is 18.1 Å². The van der Waals surface area contributed by atoms with Crippen LogP contribution in [-0.2, 0) is 13.1 Å². The predicted octanol–water partition coefficient (Wildman–Crippen LogP) is 3.71. The zero-order valence-corrected chi connectivity index (χ0v) is 19.3. The maximum Gasteiger partial charge on any atom is 0.191 e. The number of hydrogen-bond donors (Lipinski definition) is 2. The summed E-state index contributed by atoms with van der Waals surface area (Å²) in [7, 11) is 0. The number of halogens is 1. The second kappa shape index (κ2) is 12.6. The van der Waals surface area contributed by atoms with Gasteiger partial charge in [0.15, 0.2) is 5.96 Å². The molecular formula is C22H27IN6O. The van der Waals surface area contributed by atoms with Crippen LogP contribution in [-0.4, -0.2) is 33.9 Å². The first kappa shape index (κ1) is 23.4. The normalized spacial score (nSPS) is 10.8. The molecule has 158 valence electrons. The highest BCUT2D eigenvalue weighted by molar-refractivity contribution is 14.0. The number of para-hydroxylation sites is 1. The maximum atomic E-state index is 5.72. The Labute approximate surface area is 194 Å². The summed E-state index contributed by atoms with van der Waals surface area (Å²) in [6.07, 6.45) is 4.94. The van der Waals surface area contributed by atoms with Crippen molar-refractivity contribution < 1.29 is 4.74 Å². The fourth-order valence-corrected chi connectivity index (χ4v) is 2.73. The first-order valence-electron chi connectivity index (χ1n) is 9.58. The van der Waals surface area contributed by atoms with E-state index >= 15 is 0 Å². The molecule has 0 aliphatic heterocycles. The van der Waals surface area contributed by atoms with Gasteiger partial charge in [-0.2, -0.15) is 5.10 Å². The highest BCUT2D eigenvalue weighted by Gasteiger charge is 2.04. The van der Waals surface area contributed by atoms with Gasteiger partial charge >= 0.3 is 0 Å². The molecule has 0 bridgehead atoms.